The van der Waals surface area contributed by atoms with Crippen molar-refractivity contribution in [3.8, 4) is 11.5 Å². The van der Waals surface area contributed by atoms with Gasteiger partial charge in [0.2, 0.25) is 0 Å². The van der Waals surface area contributed by atoms with Crippen molar-refractivity contribution in [1.29, 1.82) is 0 Å². The predicted molar refractivity (Wildman–Crippen MR) is 90.9 cm³/mol. The highest BCUT2D eigenvalue weighted by Gasteiger charge is 2.40. The van der Waals surface area contributed by atoms with Gasteiger partial charge in [-0.15, -0.1) is 0 Å². The largest absolute Gasteiger partial charge is 0.490 e. The number of rotatable bonds is 5. The number of carbonyl (C=O) groups is 2. The summed E-state index contributed by atoms with van der Waals surface area (Å²) >= 11 is 0. The normalized spacial score (nSPS) is 27.0. The summed E-state index contributed by atoms with van der Waals surface area (Å²) in [4.78, 5) is 24.4. The lowest BCUT2D eigenvalue weighted by molar-refractivity contribution is -0.144. The molecule has 3 atom stereocenters. The van der Waals surface area contributed by atoms with Gasteiger partial charge in [0.25, 0.3) is 0 Å². The lowest BCUT2D eigenvalue weighted by Gasteiger charge is -2.20. The Labute approximate surface area is 147 Å². The van der Waals surface area contributed by atoms with Crippen molar-refractivity contribution in [3.05, 3.63) is 23.8 Å². The second kappa shape index (κ2) is 7.06. The van der Waals surface area contributed by atoms with Gasteiger partial charge in [-0.05, 0) is 55.2 Å². The van der Waals surface area contributed by atoms with Crippen LogP contribution in [0.15, 0.2) is 18.2 Å². The molecule has 1 aliphatic heterocycles. The molecule has 1 aromatic carbocycles. The molecule has 2 aliphatic carbocycles. The van der Waals surface area contributed by atoms with Crippen molar-refractivity contribution in [3.63, 3.8) is 0 Å². The molecule has 0 aromatic heterocycles. The topological polar surface area (TPSA) is 61.8 Å². The summed E-state index contributed by atoms with van der Waals surface area (Å²) in [6.45, 7) is 0.976. The molecule has 3 aliphatic rings. The highest BCUT2D eigenvalue weighted by molar-refractivity contribution is 5.98. The Morgan fingerprint density at radius 3 is 2.68 bits per heavy atom. The standard InChI is InChI=1S/C20H24O5/c21-17(15-4-5-18-19(10-15)24-7-1-6-23-18)12-25-20(22)11-16-9-13-2-3-14(16)8-13/h4-5,10,13-14,16H,1-3,6-9,11-12H2/t13-,14-,16-/m1/s1. The summed E-state index contributed by atoms with van der Waals surface area (Å²) < 4.78 is 16.4. The van der Waals surface area contributed by atoms with Gasteiger partial charge in [0.15, 0.2) is 23.9 Å². The molecule has 2 bridgehead atoms. The molecule has 5 heteroatoms. The van der Waals surface area contributed by atoms with E-state index in [-0.39, 0.29) is 18.4 Å². The SMILES string of the molecule is O=C(C[C@H]1C[C@@H]2CC[C@@H]1C2)OCC(=O)c1ccc2c(c1)OCCCO2. The van der Waals surface area contributed by atoms with Crippen LogP contribution in [0.5, 0.6) is 11.5 Å². The van der Waals surface area contributed by atoms with Crippen LogP contribution in [0.25, 0.3) is 0 Å². The molecule has 0 saturated heterocycles. The number of esters is 1. The summed E-state index contributed by atoms with van der Waals surface area (Å²) in [7, 11) is 0. The molecule has 0 unspecified atom stereocenters. The van der Waals surface area contributed by atoms with Crippen LogP contribution in [-0.4, -0.2) is 31.6 Å². The summed E-state index contributed by atoms with van der Waals surface area (Å²) in [5.41, 5.74) is 0.483. The molecule has 4 rings (SSSR count). The zero-order chi connectivity index (χ0) is 17.2. The maximum absolute atomic E-state index is 12.3. The first-order valence-corrected chi connectivity index (χ1v) is 9.27. The van der Waals surface area contributed by atoms with Crippen molar-refractivity contribution in [2.75, 3.05) is 19.8 Å². The molecule has 25 heavy (non-hydrogen) atoms. The first-order valence-electron chi connectivity index (χ1n) is 9.27. The number of benzene rings is 1. The molecular weight excluding hydrogens is 320 g/mol. The van der Waals surface area contributed by atoms with Crippen LogP contribution >= 0.6 is 0 Å². The average Bonchev–Trinajstić information content (AvgIpc) is 3.15. The number of carbonyl (C=O) groups excluding carboxylic acids is 2. The van der Waals surface area contributed by atoms with Gasteiger partial charge in [-0.1, -0.05) is 6.42 Å². The monoisotopic (exact) mass is 344 g/mol. The lowest BCUT2D eigenvalue weighted by Crippen LogP contribution is -2.19. The molecular formula is C20H24O5. The van der Waals surface area contributed by atoms with Gasteiger partial charge in [0.05, 0.1) is 13.2 Å². The van der Waals surface area contributed by atoms with Gasteiger partial charge in [0, 0.05) is 18.4 Å². The highest BCUT2D eigenvalue weighted by atomic mass is 16.5. The number of hydrogen-bond acceptors (Lipinski definition) is 5. The maximum Gasteiger partial charge on any atom is 0.306 e. The third-order valence-corrected chi connectivity index (χ3v) is 5.75. The third-order valence-electron chi connectivity index (χ3n) is 5.75. The second-order valence-corrected chi connectivity index (χ2v) is 7.43. The Morgan fingerprint density at radius 2 is 1.92 bits per heavy atom. The van der Waals surface area contributed by atoms with Crippen molar-refractivity contribution in [1.82, 2.24) is 0 Å². The zero-order valence-electron chi connectivity index (χ0n) is 14.4. The molecule has 1 heterocycles. The fourth-order valence-corrected chi connectivity index (χ4v) is 4.47. The van der Waals surface area contributed by atoms with Crippen LogP contribution in [0.2, 0.25) is 0 Å². The van der Waals surface area contributed by atoms with Crippen molar-refractivity contribution in [2.24, 2.45) is 17.8 Å². The smallest absolute Gasteiger partial charge is 0.306 e. The van der Waals surface area contributed by atoms with Crippen LogP contribution in [0.1, 0.15) is 48.9 Å². The van der Waals surface area contributed by atoms with Crippen LogP contribution in [-0.2, 0) is 9.53 Å². The Balaban J connectivity index is 1.30. The number of ether oxygens (including phenoxy) is 3. The molecule has 1 aromatic rings. The van der Waals surface area contributed by atoms with E-state index in [9.17, 15) is 9.59 Å². The van der Waals surface area contributed by atoms with E-state index in [2.05, 4.69) is 0 Å². The fourth-order valence-electron chi connectivity index (χ4n) is 4.47. The van der Waals surface area contributed by atoms with E-state index in [0.29, 0.717) is 48.5 Å². The average molecular weight is 344 g/mol. The zero-order valence-corrected chi connectivity index (χ0v) is 14.4. The second-order valence-electron chi connectivity index (χ2n) is 7.43. The quantitative estimate of drug-likeness (QED) is 0.605. The summed E-state index contributed by atoms with van der Waals surface area (Å²) in [6, 6.07) is 5.11. The Bertz CT molecular complexity index is 668. The van der Waals surface area contributed by atoms with Gasteiger partial charge in [0.1, 0.15) is 0 Å². The van der Waals surface area contributed by atoms with Crippen molar-refractivity contribution >= 4 is 11.8 Å². The maximum atomic E-state index is 12.3. The summed E-state index contributed by atoms with van der Waals surface area (Å²) in [5.74, 6) is 2.73. The minimum absolute atomic E-state index is 0.209. The lowest BCUT2D eigenvalue weighted by atomic mass is 9.86. The molecule has 2 saturated carbocycles. The molecule has 0 N–H and O–H groups in total. The van der Waals surface area contributed by atoms with E-state index < -0.39 is 0 Å². The van der Waals surface area contributed by atoms with Crippen LogP contribution in [0, 0.1) is 17.8 Å². The van der Waals surface area contributed by atoms with Crippen molar-refractivity contribution < 1.29 is 23.8 Å². The first-order chi connectivity index (χ1) is 12.2. The van der Waals surface area contributed by atoms with E-state index in [1.54, 1.807) is 18.2 Å². The predicted octanol–water partition coefficient (Wildman–Crippen LogP) is 3.40. The van der Waals surface area contributed by atoms with Gasteiger partial charge in [-0.25, -0.2) is 0 Å². The molecule has 134 valence electrons. The summed E-state index contributed by atoms with van der Waals surface area (Å²) in [5, 5.41) is 0. The van der Waals surface area contributed by atoms with E-state index in [1.165, 1.54) is 19.3 Å². The summed E-state index contributed by atoms with van der Waals surface area (Å²) in [6.07, 6.45) is 6.26. The highest BCUT2D eigenvalue weighted by Crippen LogP contribution is 2.49. The third kappa shape index (κ3) is 3.65. The van der Waals surface area contributed by atoms with E-state index in [4.69, 9.17) is 14.2 Å². The first kappa shape index (κ1) is 16.4. The molecule has 5 nitrogen and oxygen atoms in total. The van der Waals surface area contributed by atoms with E-state index in [0.717, 1.165) is 18.8 Å². The van der Waals surface area contributed by atoms with E-state index in [1.807, 2.05) is 0 Å². The van der Waals surface area contributed by atoms with E-state index >= 15 is 0 Å². The Hall–Kier alpha value is -2.04. The number of hydrogen-bond donors (Lipinski definition) is 0. The van der Waals surface area contributed by atoms with Crippen LogP contribution in [0.4, 0.5) is 0 Å². The number of ketones is 1. The number of Topliss-reactive ketones (excluding diaryl/α,β-unsaturated/α-hetero) is 1. The van der Waals surface area contributed by atoms with Gasteiger partial charge in [-0.3, -0.25) is 9.59 Å². The Morgan fingerprint density at radius 1 is 1.08 bits per heavy atom. The molecule has 0 spiro atoms. The van der Waals surface area contributed by atoms with Crippen molar-refractivity contribution in [2.45, 2.75) is 38.5 Å². The fraction of sp³-hybridized carbons (Fsp3) is 0.600. The molecule has 2 fully saturated rings. The van der Waals surface area contributed by atoms with Gasteiger partial charge in [-0.2, -0.15) is 0 Å². The minimum Gasteiger partial charge on any atom is -0.490 e. The van der Waals surface area contributed by atoms with Crippen LogP contribution in [0.3, 0.4) is 0 Å². The van der Waals surface area contributed by atoms with Crippen LogP contribution < -0.4 is 9.47 Å². The van der Waals surface area contributed by atoms with Gasteiger partial charge >= 0.3 is 5.97 Å². The van der Waals surface area contributed by atoms with Gasteiger partial charge < -0.3 is 14.2 Å². The molecule has 0 radical (unpaired) electrons. The molecule has 0 amide bonds. The number of fused-ring (bicyclic) bond motifs is 3. The minimum atomic E-state index is -0.250. The Kier molecular flexibility index (Phi) is 4.64.